The average Bonchev–Trinajstić information content (AvgIpc) is 2.06. The summed E-state index contributed by atoms with van der Waals surface area (Å²) in [4.78, 5) is 9.05. The average molecular weight is 164 g/mol. The van der Waals surface area contributed by atoms with Gasteiger partial charge in [-0.2, -0.15) is 0 Å². The highest BCUT2D eigenvalue weighted by Gasteiger charge is 1.96. The molecule has 0 unspecified atom stereocenters. The van der Waals surface area contributed by atoms with Crippen LogP contribution in [0.5, 0.6) is 0 Å². The number of rotatable bonds is 3. The van der Waals surface area contributed by atoms with Crippen LogP contribution in [-0.2, 0) is 6.42 Å². The summed E-state index contributed by atoms with van der Waals surface area (Å²) in [5, 5.41) is 1.13. The highest BCUT2D eigenvalue weighted by atomic mass is 28.2. The minimum absolute atomic E-state index is 0.865. The van der Waals surface area contributed by atoms with Gasteiger partial charge < -0.3 is 4.80 Å². The van der Waals surface area contributed by atoms with E-state index in [4.69, 9.17) is 4.80 Å². The van der Waals surface area contributed by atoms with E-state index in [1.54, 1.807) is 0 Å². The van der Waals surface area contributed by atoms with Crippen molar-refractivity contribution in [2.24, 2.45) is 0 Å². The Bertz CT molecular complexity index is 245. The summed E-state index contributed by atoms with van der Waals surface area (Å²) in [7, 11) is -1.01. The third kappa shape index (κ3) is 2.03. The van der Waals surface area contributed by atoms with Gasteiger partial charge in [-0.1, -0.05) is 30.3 Å². The Labute approximate surface area is 69.3 Å². The van der Waals surface area contributed by atoms with E-state index in [9.17, 15) is 0 Å². The van der Waals surface area contributed by atoms with Crippen LogP contribution in [-0.4, -0.2) is 14.6 Å². The van der Waals surface area contributed by atoms with Crippen LogP contribution in [0, 0.1) is 0 Å². The molecule has 1 N–H and O–H groups in total. The molecule has 1 aromatic carbocycles. The fourth-order valence-corrected chi connectivity index (χ4v) is 1.77. The highest BCUT2D eigenvalue weighted by Crippen LogP contribution is 1.96. The van der Waals surface area contributed by atoms with E-state index in [1.165, 1.54) is 5.56 Å². The molecule has 0 aliphatic heterocycles. The Morgan fingerprint density at radius 3 is 2.82 bits per heavy atom. The van der Waals surface area contributed by atoms with Crippen molar-refractivity contribution in [2.75, 3.05) is 0 Å². The van der Waals surface area contributed by atoms with Crippen LogP contribution >= 0.6 is 0 Å². The van der Waals surface area contributed by atoms with Crippen LogP contribution in [0.4, 0.5) is 0 Å². The van der Waals surface area contributed by atoms with Gasteiger partial charge in [0.2, 0.25) is 0 Å². The first-order valence-corrected chi connectivity index (χ1v) is 5.01. The van der Waals surface area contributed by atoms with E-state index in [0.29, 0.717) is 0 Å². The van der Waals surface area contributed by atoms with Gasteiger partial charge in [0.15, 0.2) is 9.76 Å². The number of hydrogen-bond donors (Lipinski definition) is 1. The van der Waals surface area contributed by atoms with Gasteiger partial charge in [-0.25, -0.2) is 0 Å². The maximum absolute atomic E-state index is 9.05. The van der Waals surface area contributed by atoms with Crippen LogP contribution in [0.3, 0.4) is 0 Å². The molecule has 0 aliphatic carbocycles. The van der Waals surface area contributed by atoms with Crippen molar-refractivity contribution < 1.29 is 4.80 Å². The summed E-state index contributed by atoms with van der Waals surface area (Å²) in [6, 6.07) is 7.99. The summed E-state index contributed by atoms with van der Waals surface area (Å²) in [6.45, 7) is 3.67. The van der Waals surface area contributed by atoms with Gasteiger partial charge in [0.05, 0.1) is 0 Å². The van der Waals surface area contributed by atoms with Gasteiger partial charge in [0.1, 0.15) is 0 Å². The van der Waals surface area contributed by atoms with E-state index >= 15 is 0 Å². The summed E-state index contributed by atoms with van der Waals surface area (Å²) < 4.78 is 0. The summed E-state index contributed by atoms with van der Waals surface area (Å²) >= 11 is 0. The molecule has 0 bridgehead atoms. The lowest BCUT2D eigenvalue weighted by atomic mass is 10.1. The molecule has 0 aliphatic rings. The minimum Gasteiger partial charge on any atom is -0.433 e. The topological polar surface area (TPSA) is 20.2 Å². The summed E-state index contributed by atoms with van der Waals surface area (Å²) in [5.41, 5.74) is 1.22. The third-order valence-corrected chi connectivity index (χ3v) is 2.68. The van der Waals surface area contributed by atoms with Crippen molar-refractivity contribution in [1.82, 2.24) is 0 Å². The van der Waals surface area contributed by atoms with E-state index in [2.05, 4.69) is 6.58 Å². The molecule has 58 valence electrons. The molecular weight excluding hydrogens is 152 g/mol. The van der Waals surface area contributed by atoms with Gasteiger partial charge in [-0.15, -0.1) is 6.58 Å². The van der Waals surface area contributed by atoms with Gasteiger partial charge >= 0.3 is 0 Å². The molecule has 0 amide bonds. The van der Waals surface area contributed by atoms with Crippen LogP contribution < -0.4 is 5.19 Å². The van der Waals surface area contributed by atoms with E-state index < -0.39 is 9.76 Å². The quantitative estimate of drug-likeness (QED) is 0.497. The van der Waals surface area contributed by atoms with Crippen molar-refractivity contribution in [3.63, 3.8) is 0 Å². The van der Waals surface area contributed by atoms with Gasteiger partial charge in [-0.05, 0) is 17.2 Å². The Hall–Kier alpha value is -0.863. The molecule has 0 saturated heterocycles. The van der Waals surface area contributed by atoms with E-state index in [-0.39, 0.29) is 0 Å². The van der Waals surface area contributed by atoms with Crippen LogP contribution in [0.2, 0.25) is 0 Å². The fraction of sp³-hybridized carbons (Fsp3) is 0.111. The van der Waals surface area contributed by atoms with Crippen molar-refractivity contribution in [2.45, 2.75) is 6.42 Å². The fourth-order valence-electron chi connectivity index (χ4n) is 1.07. The number of hydrogen-bond acceptors (Lipinski definition) is 1. The lowest BCUT2D eigenvalue weighted by Gasteiger charge is -2.02. The van der Waals surface area contributed by atoms with Gasteiger partial charge in [0.25, 0.3) is 0 Å². The molecule has 1 rings (SSSR count). The maximum Gasteiger partial charge on any atom is 0.188 e. The molecular formula is C9H12OSi. The molecule has 1 nitrogen and oxygen atoms in total. The number of benzene rings is 1. The third-order valence-electron chi connectivity index (χ3n) is 1.65. The molecule has 0 saturated carbocycles. The molecule has 2 heteroatoms. The molecule has 0 heterocycles. The Morgan fingerprint density at radius 1 is 1.45 bits per heavy atom. The van der Waals surface area contributed by atoms with Crippen LogP contribution in [0.25, 0.3) is 0 Å². The first-order valence-electron chi connectivity index (χ1n) is 3.67. The monoisotopic (exact) mass is 164 g/mol. The maximum atomic E-state index is 9.05. The predicted molar refractivity (Wildman–Crippen MR) is 50.7 cm³/mol. The molecule has 0 radical (unpaired) electrons. The Morgan fingerprint density at radius 2 is 2.18 bits per heavy atom. The first-order chi connectivity index (χ1) is 5.38. The second-order valence-electron chi connectivity index (χ2n) is 2.42. The van der Waals surface area contributed by atoms with Crippen LogP contribution in [0.1, 0.15) is 5.56 Å². The predicted octanol–water partition coefficient (Wildman–Crippen LogP) is 0.116. The molecule has 0 spiro atoms. The van der Waals surface area contributed by atoms with Crippen molar-refractivity contribution in [3.8, 4) is 0 Å². The standard InChI is InChI=1S/C9H12OSi/c1-2-5-8-6-3-4-7-9(8)11-10/h2-4,6-7,10H,1,5,11H2. The number of allylic oxidation sites excluding steroid dienone is 1. The second kappa shape index (κ2) is 4.11. The zero-order valence-electron chi connectivity index (χ0n) is 6.46. The zero-order valence-corrected chi connectivity index (χ0v) is 7.87. The normalized spacial score (nSPS) is 10.6. The lowest BCUT2D eigenvalue weighted by Crippen LogP contribution is -2.17. The summed E-state index contributed by atoms with van der Waals surface area (Å²) in [6.07, 6.45) is 2.73. The van der Waals surface area contributed by atoms with Crippen molar-refractivity contribution in [3.05, 3.63) is 42.5 Å². The smallest absolute Gasteiger partial charge is 0.188 e. The van der Waals surface area contributed by atoms with Crippen LogP contribution in [0.15, 0.2) is 36.9 Å². The minimum atomic E-state index is -1.01. The molecule has 0 aromatic heterocycles. The van der Waals surface area contributed by atoms with E-state index in [1.807, 2.05) is 30.3 Å². The Kier molecular flexibility index (Phi) is 3.07. The Balaban J connectivity index is 2.92. The second-order valence-corrected chi connectivity index (χ2v) is 3.50. The van der Waals surface area contributed by atoms with Gasteiger partial charge in [-0.3, -0.25) is 0 Å². The summed E-state index contributed by atoms with van der Waals surface area (Å²) in [5.74, 6) is 0. The largest absolute Gasteiger partial charge is 0.433 e. The van der Waals surface area contributed by atoms with Crippen molar-refractivity contribution >= 4 is 14.9 Å². The first kappa shape index (κ1) is 8.24. The SMILES string of the molecule is C=CCc1ccccc1[SiH2]O. The molecule has 11 heavy (non-hydrogen) atoms. The molecule has 0 fully saturated rings. The van der Waals surface area contributed by atoms with E-state index in [0.717, 1.165) is 11.6 Å². The van der Waals surface area contributed by atoms with Gasteiger partial charge in [0, 0.05) is 0 Å². The molecule has 1 aromatic rings. The lowest BCUT2D eigenvalue weighted by molar-refractivity contribution is 0.615. The van der Waals surface area contributed by atoms with Crippen molar-refractivity contribution in [1.29, 1.82) is 0 Å². The zero-order chi connectivity index (χ0) is 8.10. The molecule has 0 atom stereocenters. The highest BCUT2D eigenvalue weighted by molar-refractivity contribution is 6.46.